The van der Waals surface area contributed by atoms with Gasteiger partial charge in [-0.2, -0.15) is 0 Å². The summed E-state index contributed by atoms with van der Waals surface area (Å²) in [6.07, 6.45) is 0. The van der Waals surface area contributed by atoms with Crippen LogP contribution in [0.3, 0.4) is 0 Å². The average molecular weight is 282 g/mol. The van der Waals surface area contributed by atoms with Crippen LogP contribution in [0.25, 0.3) is 0 Å². The van der Waals surface area contributed by atoms with Crippen LogP contribution < -0.4 is 4.90 Å². The number of hydrogen-bond acceptors (Lipinski definition) is 5. The number of nitro groups is 1. The van der Waals surface area contributed by atoms with E-state index < -0.39 is 15.7 Å². The Bertz CT molecular complexity index is 549. The first-order chi connectivity index (χ1) is 8.99. The van der Waals surface area contributed by atoms with Gasteiger partial charge < -0.3 is 4.90 Å². The molecule has 1 heterocycles. The summed E-state index contributed by atoms with van der Waals surface area (Å²) in [5.41, 5.74) is 0.950. The topological polar surface area (TPSA) is 80.5 Å². The van der Waals surface area contributed by atoms with Crippen LogP contribution in [-0.2, 0) is 10.8 Å². The highest BCUT2D eigenvalue weighted by molar-refractivity contribution is 7.85. The first-order valence-corrected chi connectivity index (χ1v) is 7.37. The van der Waals surface area contributed by atoms with Crippen molar-refractivity contribution in [2.75, 3.05) is 29.5 Å². The maximum absolute atomic E-state index is 11.6. The maximum Gasteiger partial charge on any atom is 0.270 e. The van der Waals surface area contributed by atoms with Gasteiger partial charge >= 0.3 is 0 Å². The Morgan fingerprint density at radius 1 is 1.37 bits per heavy atom. The van der Waals surface area contributed by atoms with Crippen molar-refractivity contribution in [2.24, 2.45) is 0 Å². The van der Waals surface area contributed by atoms with E-state index in [0.717, 1.165) is 0 Å². The van der Waals surface area contributed by atoms with Gasteiger partial charge in [-0.25, -0.2) is 0 Å². The second-order valence-electron chi connectivity index (χ2n) is 4.35. The molecule has 1 aliphatic rings. The smallest absolute Gasteiger partial charge is 0.270 e. The number of nitrogens with zero attached hydrogens (tertiary/aromatic N) is 2. The van der Waals surface area contributed by atoms with Crippen LogP contribution >= 0.6 is 0 Å². The van der Waals surface area contributed by atoms with E-state index >= 15 is 0 Å². The number of nitro benzene ring substituents is 1. The fourth-order valence-corrected chi connectivity index (χ4v) is 3.13. The Morgan fingerprint density at radius 2 is 2.00 bits per heavy atom. The van der Waals surface area contributed by atoms with Crippen molar-refractivity contribution in [3.8, 4) is 0 Å². The van der Waals surface area contributed by atoms with Crippen molar-refractivity contribution in [1.29, 1.82) is 0 Å². The molecule has 7 heteroatoms. The molecule has 1 saturated heterocycles. The average Bonchev–Trinajstić information content (AvgIpc) is 2.38. The SMILES string of the molecule is CC(=O)c1cc([N+](=O)[O-])ccc1N1CCS(=O)CC1. The Kier molecular flexibility index (Phi) is 3.94. The zero-order valence-corrected chi connectivity index (χ0v) is 11.3. The summed E-state index contributed by atoms with van der Waals surface area (Å²) in [5.74, 6) is 0.924. The second kappa shape index (κ2) is 5.48. The first-order valence-electron chi connectivity index (χ1n) is 5.88. The molecule has 1 aromatic carbocycles. The highest BCUT2D eigenvalue weighted by Gasteiger charge is 2.21. The highest BCUT2D eigenvalue weighted by atomic mass is 32.2. The van der Waals surface area contributed by atoms with Gasteiger partial charge in [-0.15, -0.1) is 0 Å². The molecule has 1 aliphatic heterocycles. The molecule has 0 N–H and O–H groups in total. The van der Waals surface area contributed by atoms with Crippen molar-refractivity contribution < 1.29 is 13.9 Å². The van der Waals surface area contributed by atoms with Crippen LogP contribution in [0.2, 0.25) is 0 Å². The van der Waals surface area contributed by atoms with Gasteiger partial charge in [0, 0.05) is 58.8 Å². The lowest BCUT2D eigenvalue weighted by atomic mass is 10.1. The number of non-ortho nitro benzene ring substituents is 1. The minimum absolute atomic E-state index is 0.0884. The first kappa shape index (κ1) is 13.7. The Balaban J connectivity index is 2.36. The third kappa shape index (κ3) is 2.98. The molecule has 0 unspecified atom stereocenters. The number of carbonyl (C=O) groups excluding carboxylic acids is 1. The number of ketones is 1. The third-order valence-electron chi connectivity index (χ3n) is 3.09. The molecule has 0 aromatic heterocycles. The molecular weight excluding hydrogens is 268 g/mol. The molecule has 102 valence electrons. The van der Waals surface area contributed by atoms with Gasteiger partial charge in [-0.05, 0) is 13.0 Å². The molecule has 6 nitrogen and oxygen atoms in total. The molecule has 2 rings (SSSR count). The van der Waals surface area contributed by atoms with Crippen molar-refractivity contribution in [3.05, 3.63) is 33.9 Å². The van der Waals surface area contributed by atoms with Gasteiger partial charge in [0.05, 0.1) is 4.92 Å². The standard InChI is InChI=1S/C12H14N2O4S/c1-9(15)11-8-10(14(16)17)2-3-12(11)13-4-6-19(18)7-5-13/h2-3,8H,4-7H2,1H3. The van der Waals surface area contributed by atoms with Crippen LogP contribution in [0.1, 0.15) is 17.3 Å². The normalized spacial score (nSPS) is 16.4. The number of benzene rings is 1. The Morgan fingerprint density at radius 3 is 2.53 bits per heavy atom. The van der Waals surface area contributed by atoms with E-state index in [2.05, 4.69) is 0 Å². The van der Waals surface area contributed by atoms with Crippen LogP contribution in [0.4, 0.5) is 11.4 Å². The van der Waals surface area contributed by atoms with Gasteiger partial charge in [-0.1, -0.05) is 0 Å². The molecule has 0 saturated carbocycles. The third-order valence-corrected chi connectivity index (χ3v) is 4.36. The lowest BCUT2D eigenvalue weighted by molar-refractivity contribution is -0.384. The summed E-state index contributed by atoms with van der Waals surface area (Å²) in [6, 6.07) is 4.31. The Hall–Kier alpha value is -1.76. The van der Waals surface area contributed by atoms with E-state index in [9.17, 15) is 19.1 Å². The van der Waals surface area contributed by atoms with E-state index in [1.807, 2.05) is 4.90 Å². The van der Waals surface area contributed by atoms with Crippen molar-refractivity contribution in [3.63, 3.8) is 0 Å². The number of carbonyl (C=O) groups is 1. The number of hydrogen-bond donors (Lipinski definition) is 0. The predicted octanol–water partition coefficient (Wildman–Crippen LogP) is 1.37. The lowest BCUT2D eigenvalue weighted by Crippen LogP contribution is -2.38. The summed E-state index contributed by atoms with van der Waals surface area (Å²) in [5, 5.41) is 10.7. The van der Waals surface area contributed by atoms with Crippen LogP contribution in [0.5, 0.6) is 0 Å². The van der Waals surface area contributed by atoms with Gasteiger partial charge in [-0.3, -0.25) is 19.1 Å². The zero-order valence-electron chi connectivity index (χ0n) is 10.5. The Labute approximate surface area is 113 Å². The molecule has 0 bridgehead atoms. The fraction of sp³-hybridized carbons (Fsp3) is 0.417. The van der Waals surface area contributed by atoms with Crippen LogP contribution in [0.15, 0.2) is 18.2 Å². The van der Waals surface area contributed by atoms with Gasteiger partial charge in [0.1, 0.15) is 0 Å². The number of anilines is 1. The molecule has 0 atom stereocenters. The van der Waals surface area contributed by atoms with Crippen LogP contribution in [0, 0.1) is 10.1 Å². The molecule has 0 amide bonds. The molecule has 0 radical (unpaired) electrons. The molecule has 1 fully saturated rings. The summed E-state index contributed by atoms with van der Waals surface area (Å²) < 4.78 is 11.3. The van der Waals surface area contributed by atoms with Gasteiger partial charge in [0.25, 0.3) is 5.69 Å². The highest BCUT2D eigenvalue weighted by Crippen LogP contribution is 2.26. The molecule has 0 spiro atoms. The summed E-state index contributed by atoms with van der Waals surface area (Å²) in [4.78, 5) is 23.8. The number of rotatable bonds is 3. The quantitative estimate of drug-likeness (QED) is 0.475. The summed E-state index contributed by atoms with van der Waals surface area (Å²) >= 11 is 0. The van der Waals surface area contributed by atoms with Gasteiger partial charge in [0.2, 0.25) is 0 Å². The molecule has 0 aliphatic carbocycles. The summed E-state index contributed by atoms with van der Waals surface area (Å²) in [6.45, 7) is 2.60. The number of Topliss-reactive ketones (excluding diaryl/α,β-unsaturated/α-hetero) is 1. The van der Waals surface area contributed by atoms with Gasteiger partial charge in [0.15, 0.2) is 5.78 Å². The van der Waals surface area contributed by atoms with Crippen molar-refractivity contribution >= 4 is 28.0 Å². The van der Waals surface area contributed by atoms with E-state index in [0.29, 0.717) is 35.8 Å². The largest absolute Gasteiger partial charge is 0.369 e. The van der Waals surface area contributed by atoms with Crippen molar-refractivity contribution in [2.45, 2.75) is 6.92 Å². The maximum atomic E-state index is 11.6. The predicted molar refractivity (Wildman–Crippen MR) is 73.2 cm³/mol. The summed E-state index contributed by atoms with van der Waals surface area (Å²) in [7, 11) is -0.799. The van der Waals surface area contributed by atoms with E-state index in [4.69, 9.17) is 0 Å². The minimum Gasteiger partial charge on any atom is -0.369 e. The van der Waals surface area contributed by atoms with E-state index in [-0.39, 0.29) is 11.5 Å². The van der Waals surface area contributed by atoms with E-state index in [1.165, 1.54) is 19.1 Å². The zero-order chi connectivity index (χ0) is 14.0. The lowest BCUT2D eigenvalue weighted by Gasteiger charge is -2.29. The monoisotopic (exact) mass is 282 g/mol. The molecular formula is C12H14N2O4S. The minimum atomic E-state index is -0.799. The fourth-order valence-electron chi connectivity index (χ4n) is 2.07. The van der Waals surface area contributed by atoms with Crippen molar-refractivity contribution in [1.82, 2.24) is 0 Å². The molecule has 1 aromatic rings. The van der Waals surface area contributed by atoms with Crippen LogP contribution in [-0.4, -0.2) is 39.5 Å². The second-order valence-corrected chi connectivity index (χ2v) is 6.05. The molecule has 19 heavy (non-hydrogen) atoms. The van der Waals surface area contributed by atoms with E-state index in [1.54, 1.807) is 6.07 Å².